The van der Waals surface area contributed by atoms with E-state index in [9.17, 15) is 14.4 Å². The average molecular weight is 358 g/mol. The average Bonchev–Trinajstić information content (AvgIpc) is 2.62. The van der Waals surface area contributed by atoms with E-state index in [1.54, 1.807) is 31.2 Å². The third-order valence-electron chi connectivity index (χ3n) is 4.23. The monoisotopic (exact) mass is 358 g/mol. The van der Waals surface area contributed by atoms with Crippen molar-refractivity contribution in [3.05, 3.63) is 35.9 Å². The predicted molar refractivity (Wildman–Crippen MR) is 99.7 cm³/mol. The fourth-order valence-electron chi connectivity index (χ4n) is 2.88. The Bertz CT molecular complexity index is 681. The number of anilines is 1. The molecule has 1 rings (SSSR count). The summed E-state index contributed by atoms with van der Waals surface area (Å²) in [7, 11) is 0. The molecule has 0 aromatic heterocycles. The molecular formula is C19H26N4O3. The summed E-state index contributed by atoms with van der Waals surface area (Å²) in [6.45, 7) is 5.54. The smallest absolute Gasteiger partial charge is 0.323 e. The van der Waals surface area contributed by atoms with Crippen LogP contribution in [0.15, 0.2) is 30.3 Å². The topological polar surface area (TPSA) is 117 Å². The number of benzene rings is 1. The number of Topliss-reactive ketones (excluding diaryl/α,β-unsaturated/α-hetero) is 2. The second-order valence-electron chi connectivity index (χ2n) is 6.40. The minimum atomic E-state index is -0.996. The summed E-state index contributed by atoms with van der Waals surface area (Å²) in [5.74, 6) is -1.56. The lowest BCUT2D eigenvalue weighted by molar-refractivity contribution is -0.130. The van der Waals surface area contributed by atoms with Gasteiger partial charge < -0.3 is 16.2 Å². The Labute approximate surface area is 153 Å². The molecule has 1 aromatic rings. The van der Waals surface area contributed by atoms with Crippen molar-refractivity contribution in [3.8, 4) is 0 Å². The van der Waals surface area contributed by atoms with Gasteiger partial charge in [0.2, 0.25) is 11.7 Å². The van der Waals surface area contributed by atoms with E-state index in [4.69, 9.17) is 11.3 Å². The lowest BCUT2D eigenvalue weighted by Gasteiger charge is -2.30. The zero-order valence-electron chi connectivity index (χ0n) is 15.5. The number of amides is 1. The van der Waals surface area contributed by atoms with Crippen LogP contribution in [-0.2, 0) is 14.4 Å². The van der Waals surface area contributed by atoms with Crippen LogP contribution >= 0.6 is 0 Å². The van der Waals surface area contributed by atoms with Crippen LogP contribution in [0.3, 0.4) is 0 Å². The maximum absolute atomic E-state index is 13.0. The van der Waals surface area contributed by atoms with Gasteiger partial charge in [0.1, 0.15) is 5.78 Å². The summed E-state index contributed by atoms with van der Waals surface area (Å²) < 4.78 is 0. The first-order chi connectivity index (χ1) is 12.3. The highest BCUT2D eigenvalue weighted by atomic mass is 16.2. The molecule has 2 atom stereocenters. The SMILES string of the molecule is CCC(=O)C(C(C)C)[C@H](N)C(=O)N(CCC(=O)C=[N+]=[N-])c1ccccc1. The normalized spacial score (nSPS) is 12.8. The summed E-state index contributed by atoms with van der Waals surface area (Å²) >= 11 is 0. The summed E-state index contributed by atoms with van der Waals surface area (Å²) in [4.78, 5) is 41.0. The molecule has 0 fully saturated rings. The number of nitrogens with two attached hydrogens (primary N) is 1. The molecule has 7 heteroatoms. The number of hydrogen-bond donors (Lipinski definition) is 1. The number of ketones is 2. The first kappa shape index (κ1) is 21.4. The van der Waals surface area contributed by atoms with Crippen LogP contribution in [-0.4, -0.2) is 41.1 Å². The predicted octanol–water partition coefficient (Wildman–Crippen LogP) is 1.86. The van der Waals surface area contributed by atoms with Gasteiger partial charge in [-0.05, 0) is 18.1 Å². The van der Waals surface area contributed by atoms with E-state index < -0.39 is 23.7 Å². The lowest BCUT2D eigenvalue weighted by atomic mass is 9.83. The maximum atomic E-state index is 13.0. The second kappa shape index (κ2) is 10.4. The zero-order chi connectivity index (χ0) is 19.7. The number of carbonyl (C=O) groups is 3. The standard InChI is InChI=1S/C19H26N4O3/c1-4-16(25)17(13(2)3)18(20)19(26)23(11-10-15(24)12-22-21)14-8-6-5-7-9-14/h5-9,12-13,17-18H,4,10-11,20H2,1-3H3/t17?,18-/m0/s1. The van der Waals surface area contributed by atoms with E-state index in [1.807, 2.05) is 19.9 Å². The molecule has 0 bridgehead atoms. The van der Waals surface area contributed by atoms with E-state index in [0.717, 1.165) is 6.21 Å². The molecule has 7 nitrogen and oxygen atoms in total. The van der Waals surface area contributed by atoms with Gasteiger partial charge in [-0.2, -0.15) is 4.79 Å². The highest BCUT2D eigenvalue weighted by molar-refractivity contribution is 6.25. The molecule has 0 aliphatic rings. The van der Waals surface area contributed by atoms with E-state index in [0.29, 0.717) is 12.1 Å². The Morgan fingerprint density at radius 3 is 2.35 bits per heavy atom. The molecule has 2 N–H and O–H groups in total. The summed E-state index contributed by atoms with van der Waals surface area (Å²) in [5, 5.41) is 0. The van der Waals surface area contributed by atoms with Crippen molar-refractivity contribution >= 4 is 29.4 Å². The van der Waals surface area contributed by atoms with Crippen LogP contribution in [0.25, 0.3) is 5.53 Å². The third kappa shape index (κ3) is 5.72. The minimum absolute atomic E-state index is 0.0223. The summed E-state index contributed by atoms with van der Waals surface area (Å²) in [5.41, 5.74) is 15.2. The van der Waals surface area contributed by atoms with Crippen molar-refractivity contribution in [2.45, 2.75) is 39.7 Å². The fourth-order valence-corrected chi connectivity index (χ4v) is 2.88. The molecule has 1 aromatic carbocycles. The first-order valence-corrected chi connectivity index (χ1v) is 8.68. The van der Waals surface area contributed by atoms with E-state index in [1.165, 1.54) is 4.90 Å². The molecule has 1 unspecified atom stereocenters. The van der Waals surface area contributed by atoms with Crippen molar-refractivity contribution < 1.29 is 19.2 Å². The molecule has 0 spiro atoms. The Kier molecular flexibility index (Phi) is 8.55. The Morgan fingerprint density at radius 1 is 1.23 bits per heavy atom. The van der Waals surface area contributed by atoms with Crippen LogP contribution in [0.2, 0.25) is 0 Å². The highest BCUT2D eigenvalue weighted by Gasteiger charge is 2.35. The molecule has 26 heavy (non-hydrogen) atoms. The Hall–Kier alpha value is -2.63. The molecule has 0 saturated carbocycles. The van der Waals surface area contributed by atoms with E-state index in [-0.39, 0.29) is 24.7 Å². The quantitative estimate of drug-likeness (QED) is 0.390. The third-order valence-corrected chi connectivity index (χ3v) is 4.23. The molecule has 1 amide bonds. The lowest BCUT2D eigenvalue weighted by Crippen LogP contribution is -2.52. The van der Waals surface area contributed by atoms with Crippen LogP contribution in [0.4, 0.5) is 5.69 Å². The van der Waals surface area contributed by atoms with Gasteiger partial charge in [-0.3, -0.25) is 14.4 Å². The van der Waals surface area contributed by atoms with Crippen LogP contribution in [0.1, 0.15) is 33.6 Å². The minimum Gasteiger partial charge on any atom is -0.361 e. The number of rotatable bonds is 10. The van der Waals surface area contributed by atoms with Crippen molar-refractivity contribution in [3.63, 3.8) is 0 Å². The van der Waals surface area contributed by atoms with Crippen molar-refractivity contribution in [2.75, 3.05) is 11.4 Å². The van der Waals surface area contributed by atoms with Gasteiger partial charge in [-0.25, -0.2) is 0 Å². The number of hydrogen-bond acceptors (Lipinski definition) is 4. The van der Waals surface area contributed by atoms with Crippen LogP contribution < -0.4 is 10.6 Å². The first-order valence-electron chi connectivity index (χ1n) is 8.68. The van der Waals surface area contributed by atoms with Gasteiger partial charge in [0.25, 0.3) is 0 Å². The molecule has 0 radical (unpaired) electrons. The van der Waals surface area contributed by atoms with Crippen LogP contribution in [0.5, 0.6) is 0 Å². The highest BCUT2D eigenvalue weighted by Crippen LogP contribution is 2.22. The number of nitrogens with zero attached hydrogens (tertiary/aromatic N) is 3. The van der Waals surface area contributed by atoms with Gasteiger partial charge in [-0.1, -0.05) is 39.0 Å². The Balaban J connectivity index is 3.11. The molecule has 0 aliphatic carbocycles. The molecular weight excluding hydrogens is 332 g/mol. The number of carbonyl (C=O) groups excluding carboxylic acids is 3. The van der Waals surface area contributed by atoms with Crippen molar-refractivity contribution in [1.82, 2.24) is 0 Å². The largest absolute Gasteiger partial charge is 0.361 e. The summed E-state index contributed by atoms with van der Waals surface area (Å²) in [6, 6.07) is 7.84. The number of para-hydroxylation sites is 1. The van der Waals surface area contributed by atoms with E-state index in [2.05, 4.69) is 4.79 Å². The zero-order valence-corrected chi connectivity index (χ0v) is 15.5. The maximum Gasteiger partial charge on any atom is 0.323 e. The van der Waals surface area contributed by atoms with Crippen molar-refractivity contribution in [2.24, 2.45) is 17.6 Å². The fraction of sp³-hybridized carbons (Fsp3) is 0.474. The van der Waals surface area contributed by atoms with Gasteiger partial charge in [0.05, 0.1) is 6.04 Å². The van der Waals surface area contributed by atoms with Gasteiger partial charge in [-0.15, -0.1) is 0 Å². The Morgan fingerprint density at radius 2 is 1.85 bits per heavy atom. The van der Waals surface area contributed by atoms with Crippen molar-refractivity contribution in [1.29, 1.82) is 0 Å². The molecule has 140 valence electrons. The summed E-state index contributed by atoms with van der Waals surface area (Å²) in [6.07, 6.45) is 1.08. The molecule has 0 heterocycles. The van der Waals surface area contributed by atoms with Gasteiger partial charge in [0, 0.05) is 31.0 Å². The van der Waals surface area contributed by atoms with Crippen LogP contribution in [0, 0.1) is 11.8 Å². The molecule has 0 aliphatic heterocycles. The van der Waals surface area contributed by atoms with E-state index >= 15 is 0 Å². The van der Waals surface area contributed by atoms with Gasteiger partial charge in [0.15, 0.2) is 0 Å². The van der Waals surface area contributed by atoms with Gasteiger partial charge >= 0.3 is 6.21 Å². The second-order valence-corrected chi connectivity index (χ2v) is 6.40. The molecule has 0 saturated heterocycles.